The number of carbonyl (C=O) groups excluding carboxylic acids is 1. The smallest absolute Gasteiger partial charge is 0.352 e. The third-order valence-corrected chi connectivity index (χ3v) is 4.74. The lowest BCUT2D eigenvalue weighted by Gasteiger charge is -2.13. The highest BCUT2D eigenvalue weighted by atomic mass is 16.5. The van der Waals surface area contributed by atoms with Crippen LogP contribution in [0.4, 0.5) is 0 Å². The minimum atomic E-state index is -0.734. The van der Waals surface area contributed by atoms with Crippen LogP contribution in [0.15, 0.2) is 52.1 Å². The highest BCUT2D eigenvalue weighted by Gasteiger charge is 2.20. The van der Waals surface area contributed by atoms with Gasteiger partial charge in [0.1, 0.15) is 0 Å². The quantitative estimate of drug-likeness (QED) is 0.586. The van der Waals surface area contributed by atoms with Crippen LogP contribution in [0.3, 0.4) is 0 Å². The maximum atomic E-state index is 13.2. The molecule has 2 aromatic carbocycles. The predicted molar refractivity (Wildman–Crippen MR) is 118 cm³/mol. The first-order valence-corrected chi connectivity index (χ1v) is 9.95. The molecule has 3 rings (SSSR count). The minimum absolute atomic E-state index is 0.0328. The molecule has 0 fully saturated rings. The van der Waals surface area contributed by atoms with Gasteiger partial charge in [-0.1, -0.05) is 35.9 Å². The number of hydrogen-bond acceptors (Lipinski definition) is 5. The number of carbonyl (C=O) groups is 1. The molecule has 1 aromatic heterocycles. The van der Waals surface area contributed by atoms with Crippen molar-refractivity contribution in [3.63, 3.8) is 0 Å². The topological polar surface area (TPSA) is 95.2 Å². The van der Waals surface area contributed by atoms with Gasteiger partial charge < -0.3 is 10.1 Å². The van der Waals surface area contributed by atoms with Crippen LogP contribution in [0.25, 0.3) is 5.69 Å². The maximum Gasteiger partial charge on any atom is 0.352 e. The highest BCUT2D eigenvalue weighted by Crippen LogP contribution is 2.11. The van der Waals surface area contributed by atoms with E-state index in [0.717, 1.165) is 31.5 Å². The molecule has 0 aliphatic heterocycles. The largest absolute Gasteiger partial charge is 0.383 e. The first-order chi connectivity index (χ1) is 14.8. The Labute approximate surface area is 180 Å². The van der Waals surface area contributed by atoms with E-state index in [9.17, 15) is 14.4 Å². The van der Waals surface area contributed by atoms with Crippen LogP contribution >= 0.6 is 0 Å². The van der Waals surface area contributed by atoms with Crippen LogP contribution < -0.4 is 16.6 Å². The molecule has 0 radical (unpaired) electrons. The fourth-order valence-electron chi connectivity index (χ4n) is 3.38. The van der Waals surface area contributed by atoms with E-state index < -0.39 is 17.2 Å². The molecular formula is C23H26N4O4. The molecule has 0 bridgehead atoms. The van der Waals surface area contributed by atoms with Gasteiger partial charge in [0.25, 0.3) is 11.5 Å². The number of hydrogen-bond donors (Lipinski definition) is 1. The number of nitrogens with one attached hydrogen (secondary N) is 1. The van der Waals surface area contributed by atoms with E-state index in [1.54, 1.807) is 12.1 Å². The number of aryl methyl sites for hydroxylation is 3. The Balaban J connectivity index is 2.18. The summed E-state index contributed by atoms with van der Waals surface area (Å²) in [6.45, 7) is 6.29. The molecular weight excluding hydrogens is 396 g/mol. The van der Waals surface area contributed by atoms with Crippen molar-refractivity contribution in [2.24, 2.45) is 0 Å². The summed E-state index contributed by atoms with van der Waals surface area (Å²) in [5.41, 5.74) is 2.47. The molecule has 162 valence electrons. The Hall–Kier alpha value is -3.52. The van der Waals surface area contributed by atoms with Crippen molar-refractivity contribution in [3.05, 3.63) is 91.3 Å². The maximum absolute atomic E-state index is 13.2. The van der Waals surface area contributed by atoms with E-state index in [1.165, 1.54) is 7.11 Å². The molecule has 1 heterocycles. The first-order valence-electron chi connectivity index (χ1n) is 9.95. The highest BCUT2D eigenvalue weighted by molar-refractivity contribution is 5.91. The average molecular weight is 422 g/mol. The summed E-state index contributed by atoms with van der Waals surface area (Å²) >= 11 is 0. The Kier molecular flexibility index (Phi) is 6.81. The van der Waals surface area contributed by atoms with Gasteiger partial charge in [-0.15, -0.1) is 0 Å². The second-order valence-corrected chi connectivity index (χ2v) is 7.52. The zero-order chi connectivity index (χ0) is 22.5. The van der Waals surface area contributed by atoms with E-state index in [4.69, 9.17) is 4.74 Å². The van der Waals surface area contributed by atoms with E-state index in [0.29, 0.717) is 12.3 Å². The van der Waals surface area contributed by atoms with Gasteiger partial charge in [0.15, 0.2) is 0 Å². The van der Waals surface area contributed by atoms with E-state index >= 15 is 0 Å². The molecule has 0 unspecified atom stereocenters. The van der Waals surface area contributed by atoms with Crippen LogP contribution in [0.5, 0.6) is 0 Å². The van der Waals surface area contributed by atoms with Crippen molar-refractivity contribution in [2.75, 3.05) is 20.3 Å². The SMILES string of the molecule is COCCNC(=O)c1nn(-c2cc(C)cc(C)c2)c(=O)n(Cc2cccc(C)c2)c1=O. The molecule has 8 heteroatoms. The molecule has 0 atom stereocenters. The van der Waals surface area contributed by atoms with Gasteiger partial charge in [-0.05, 0) is 49.6 Å². The summed E-state index contributed by atoms with van der Waals surface area (Å²) in [6, 6.07) is 13.1. The molecule has 1 amide bonds. The number of benzene rings is 2. The molecule has 0 aliphatic rings. The molecule has 0 saturated heterocycles. The Morgan fingerprint density at radius 1 is 1.03 bits per heavy atom. The zero-order valence-electron chi connectivity index (χ0n) is 18.1. The normalized spacial score (nSPS) is 10.8. The third-order valence-electron chi connectivity index (χ3n) is 4.74. The number of rotatable bonds is 7. The Bertz CT molecular complexity index is 1210. The summed E-state index contributed by atoms with van der Waals surface area (Å²) in [6.07, 6.45) is 0. The lowest BCUT2D eigenvalue weighted by Crippen LogP contribution is -2.46. The van der Waals surface area contributed by atoms with Gasteiger partial charge in [0, 0.05) is 13.7 Å². The van der Waals surface area contributed by atoms with Crippen molar-refractivity contribution in [3.8, 4) is 5.69 Å². The van der Waals surface area contributed by atoms with Crippen molar-refractivity contribution in [1.29, 1.82) is 0 Å². The summed E-state index contributed by atoms with van der Waals surface area (Å²) in [4.78, 5) is 39.0. The summed E-state index contributed by atoms with van der Waals surface area (Å²) in [7, 11) is 1.51. The number of aromatic nitrogens is 3. The fourth-order valence-corrected chi connectivity index (χ4v) is 3.38. The summed E-state index contributed by atoms with van der Waals surface area (Å²) in [5.74, 6) is -0.654. The lowest BCUT2D eigenvalue weighted by atomic mass is 10.1. The summed E-state index contributed by atoms with van der Waals surface area (Å²) < 4.78 is 7.10. The number of ether oxygens (including phenoxy) is 1. The van der Waals surface area contributed by atoms with E-state index in [-0.39, 0.29) is 18.8 Å². The molecule has 0 spiro atoms. The van der Waals surface area contributed by atoms with Crippen LogP contribution in [0, 0.1) is 20.8 Å². The Morgan fingerprint density at radius 2 is 1.74 bits per heavy atom. The van der Waals surface area contributed by atoms with Gasteiger partial charge in [-0.25, -0.2) is 4.79 Å². The second kappa shape index (κ2) is 9.53. The summed E-state index contributed by atoms with van der Waals surface area (Å²) in [5, 5.41) is 6.75. The number of methoxy groups -OCH3 is 1. The van der Waals surface area contributed by atoms with Crippen LogP contribution in [0.1, 0.15) is 32.7 Å². The van der Waals surface area contributed by atoms with E-state index in [1.807, 2.05) is 51.1 Å². The van der Waals surface area contributed by atoms with Gasteiger partial charge in [0.05, 0.1) is 18.8 Å². The molecule has 1 N–H and O–H groups in total. The monoisotopic (exact) mass is 422 g/mol. The van der Waals surface area contributed by atoms with Gasteiger partial charge in [-0.2, -0.15) is 9.78 Å². The third kappa shape index (κ3) is 5.16. The van der Waals surface area contributed by atoms with Crippen LogP contribution in [0.2, 0.25) is 0 Å². The van der Waals surface area contributed by atoms with Crippen molar-refractivity contribution in [1.82, 2.24) is 19.7 Å². The molecule has 31 heavy (non-hydrogen) atoms. The van der Waals surface area contributed by atoms with E-state index in [2.05, 4.69) is 10.4 Å². The first kappa shape index (κ1) is 22.2. The molecule has 0 aliphatic carbocycles. The fraction of sp³-hybridized carbons (Fsp3) is 0.304. The second-order valence-electron chi connectivity index (χ2n) is 7.52. The van der Waals surface area contributed by atoms with Gasteiger partial charge in [0.2, 0.25) is 5.69 Å². The molecule has 0 saturated carbocycles. The number of amides is 1. The zero-order valence-corrected chi connectivity index (χ0v) is 18.1. The van der Waals surface area contributed by atoms with Gasteiger partial charge >= 0.3 is 5.69 Å². The molecule has 3 aromatic rings. The average Bonchev–Trinajstić information content (AvgIpc) is 2.70. The standard InChI is InChI=1S/C23H26N4O4/c1-15-6-5-7-18(11-15)14-26-22(29)20(21(28)24-8-9-31-4)25-27(23(26)30)19-12-16(2)10-17(3)13-19/h5-7,10-13H,8-9,14H2,1-4H3,(H,24,28). The van der Waals surface area contributed by atoms with Crippen LogP contribution in [-0.4, -0.2) is 40.5 Å². The van der Waals surface area contributed by atoms with Crippen molar-refractivity contribution >= 4 is 5.91 Å². The predicted octanol–water partition coefficient (Wildman–Crippen LogP) is 1.74. The molecule has 8 nitrogen and oxygen atoms in total. The number of nitrogens with zero attached hydrogens (tertiary/aromatic N) is 3. The Morgan fingerprint density at radius 3 is 2.39 bits per heavy atom. The lowest BCUT2D eigenvalue weighted by molar-refractivity contribution is 0.0927. The minimum Gasteiger partial charge on any atom is -0.383 e. The van der Waals surface area contributed by atoms with Gasteiger partial charge in [-0.3, -0.25) is 14.2 Å². The van der Waals surface area contributed by atoms with Crippen molar-refractivity contribution < 1.29 is 9.53 Å². The van der Waals surface area contributed by atoms with Crippen LogP contribution in [-0.2, 0) is 11.3 Å². The van der Waals surface area contributed by atoms with Crippen molar-refractivity contribution in [2.45, 2.75) is 27.3 Å².